The number of benzene rings is 1. The van der Waals surface area contributed by atoms with Gasteiger partial charge in [-0.1, -0.05) is 0 Å². The van der Waals surface area contributed by atoms with E-state index >= 15 is 0 Å². The minimum atomic E-state index is -0.349. The van der Waals surface area contributed by atoms with Crippen molar-refractivity contribution in [2.75, 3.05) is 5.73 Å². The van der Waals surface area contributed by atoms with E-state index in [1.165, 1.54) is 24.3 Å². The van der Waals surface area contributed by atoms with Crippen LogP contribution in [0.25, 0.3) is 0 Å². The molecule has 0 aliphatic rings. The molecule has 0 amide bonds. The van der Waals surface area contributed by atoms with Crippen molar-refractivity contribution < 1.29 is 13.8 Å². The van der Waals surface area contributed by atoms with E-state index < -0.39 is 0 Å². The topological polar surface area (TPSA) is 47.0 Å². The van der Waals surface area contributed by atoms with Gasteiger partial charge in [0.15, 0.2) is 12.4 Å². The second-order valence-electron chi connectivity index (χ2n) is 3.74. The number of Topliss-reactive ketones (excluding diaryl/α,β-unsaturated/α-hetero) is 1. The van der Waals surface area contributed by atoms with Crippen LogP contribution in [0, 0.1) is 5.82 Å². The lowest BCUT2D eigenvalue weighted by atomic mass is 10.1. The number of nitrogens with two attached hydrogens (primary N) is 1. The van der Waals surface area contributed by atoms with Crippen LogP contribution in [0.4, 0.5) is 10.1 Å². The summed E-state index contributed by atoms with van der Waals surface area (Å²) >= 11 is 0. The smallest absolute Gasteiger partial charge is 0.227 e. The highest BCUT2D eigenvalue weighted by Crippen LogP contribution is 2.04. The van der Waals surface area contributed by atoms with Gasteiger partial charge in [-0.15, -0.1) is 0 Å². The molecule has 3 nitrogen and oxygen atoms in total. The first-order valence-electron chi connectivity index (χ1n) is 5.18. The summed E-state index contributed by atoms with van der Waals surface area (Å²) in [5.74, 6) is -0.432. The lowest BCUT2D eigenvalue weighted by Gasteiger charge is -1.98. The number of halogens is 1. The molecule has 17 heavy (non-hydrogen) atoms. The van der Waals surface area contributed by atoms with Crippen LogP contribution >= 0.6 is 0 Å². The first-order chi connectivity index (χ1) is 8.15. The van der Waals surface area contributed by atoms with Gasteiger partial charge in [-0.2, -0.15) is 4.57 Å². The van der Waals surface area contributed by atoms with Gasteiger partial charge in [0.2, 0.25) is 12.3 Å². The highest BCUT2D eigenvalue weighted by Gasteiger charge is 2.11. The van der Waals surface area contributed by atoms with Crippen LogP contribution < -0.4 is 10.3 Å². The summed E-state index contributed by atoms with van der Waals surface area (Å²) in [5.41, 5.74) is 6.70. The number of nitrogens with zero attached hydrogens (tertiary/aromatic N) is 1. The Bertz CT molecular complexity index is 537. The zero-order chi connectivity index (χ0) is 12.3. The van der Waals surface area contributed by atoms with Crippen LogP contribution in [0.5, 0.6) is 0 Å². The third-order valence-electron chi connectivity index (χ3n) is 2.37. The molecule has 0 unspecified atom stereocenters. The van der Waals surface area contributed by atoms with Crippen molar-refractivity contribution >= 4 is 11.5 Å². The largest absolute Gasteiger partial charge is 0.394 e. The molecule has 0 bridgehead atoms. The van der Waals surface area contributed by atoms with Crippen LogP contribution in [0.2, 0.25) is 0 Å². The Morgan fingerprint density at radius 3 is 2.59 bits per heavy atom. The van der Waals surface area contributed by atoms with Gasteiger partial charge >= 0.3 is 0 Å². The molecule has 0 atom stereocenters. The fourth-order valence-corrected chi connectivity index (χ4v) is 1.53. The Kier molecular flexibility index (Phi) is 3.14. The highest BCUT2D eigenvalue weighted by atomic mass is 19.1. The molecule has 2 aromatic rings. The molecule has 1 aromatic heterocycles. The van der Waals surface area contributed by atoms with Crippen molar-refractivity contribution in [3.8, 4) is 0 Å². The standard InChI is InChI=1S/C13H12FN2O/c14-11-5-3-10(4-6-11)13(17)9-16-7-1-2-12(15)8-16/h1-8H,9,15H2/q+1. The van der Waals surface area contributed by atoms with E-state index in [-0.39, 0.29) is 18.1 Å². The van der Waals surface area contributed by atoms with Crippen LogP contribution in [0.3, 0.4) is 0 Å². The number of carbonyl (C=O) groups is 1. The number of hydrogen-bond donors (Lipinski definition) is 1. The van der Waals surface area contributed by atoms with Crippen molar-refractivity contribution in [1.29, 1.82) is 0 Å². The molecule has 0 fully saturated rings. The lowest BCUT2D eigenvalue weighted by molar-refractivity contribution is -0.682. The molecule has 2 rings (SSSR count). The van der Waals surface area contributed by atoms with E-state index in [9.17, 15) is 9.18 Å². The minimum Gasteiger partial charge on any atom is -0.394 e. The number of carbonyl (C=O) groups excluding carboxylic acids is 1. The molecule has 1 aromatic carbocycles. The molecule has 0 aliphatic carbocycles. The highest BCUT2D eigenvalue weighted by molar-refractivity contribution is 5.94. The Balaban J connectivity index is 2.14. The quantitative estimate of drug-likeness (QED) is 0.644. The van der Waals surface area contributed by atoms with Crippen molar-refractivity contribution in [3.63, 3.8) is 0 Å². The van der Waals surface area contributed by atoms with Crippen LogP contribution in [-0.4, -0.2) is 5.78 Å². The monoisotopic (exact) mass is 231 g/mol. The molecule has 0 spiro atoms. The number of aromatic nitrogens is 1. The summed E-state index contributed by atoms with van der Waals surface area (Å²) in [6.07, 6.45) is 3.44. The minimum absolute atomic E-state index is 0.0828. The number of rotatable bonds is 3. The Hall–Kier alpha value is -2.23. The number of hydrogen-bond acceptors (Lipinski definition) is 2. The van der Waals surface area contributed by atoms with Crippen LogP contribution in [-0.2, 0) is 6.54 Å². The van der Waals surface area contributed by atoms with Gasteiger partial charge in [0.05, 0.1) is 5.69 Å². The van der Waals surface area contributed by atoms with E-state index in [0.29, 0.717) is 11.3 Å². The molecule has 0 saturated carbocycles. The summed E-state index contributed by atoms with van der Waals surface area (Å²) in [6.45, 7) is 0.191. The zero-order valence-corrected chi connectivity index (χ0v) is 9.14. The van der Waals surface area contributed by atoms with Gasteiger partial charge in [0.1, 0.15) is 5.82 Å². The molecular weight excluding hydrogens is 219 g/mol. The second-order valence-corrected chi connectivity index (χ2v) is 3.74. The zero-order valence-electron chi connectivity index (χ0n) is 9.14. The third-order valence-corrected chi connectivity index (χ3v) is 2.37. The van der Waals surface area contributed by atoms with Crippen LogP contribution in [0.1, 0.15) is 10.4 Å². The first-order valence-corrected chi connectivity index (χ1v) is 5.18. The Labute approximate surface area is 98.3 Å². The number of pyridine rings is 1. The predicted molar refractivity (Wildman–Crippen MR) is 61.8 cm³/mol. The summed E-state index contributed by atoms with van der Waals surface area (Å²) in [4.78, 5) is 11.9. The van der Waals surface area contributed by atoms with E-state index in [2.05, 4.69) is 0 Å². The first kappa shape index (κ1) is 11.3. The maximum atomic E-state index is 12.7. The normalized spacial score (nSPS) is 10.2. The molecular formula is C13H12FN2O+. The fourth-order valence-electron chi connectivity index (χ4n) is 1.53. The number of nitrogen functional groups attached to an aromatic ring is 1. The summed E-state index contributed by atoms with van der Waals surface area (Å²) in [6, 6.07) is 9.02. The molecule has 2 N–H and O–H groups in total. The van der Waals surface area contributed by atoms with Gasteiger partial charge in [0.25, 0.3) is 0 Å². The summed E-state index contributed by atoms with van der Waals surface area (Å²) in [7, 11) is 0. The molecule has 0 saturated heterocycles. The summed E-state index contributed by atoms with van der Waals surface area (Å²) < 4.78 is 14.4. The van der Waals surface area contributed by atoms with E-state index in [1.807, 2.05) is 0 Å². The molecule has 0 aliphatic heterocycles. The SMILES string of the molecule is Nc1ccc[n+](CC(=O)c2ccc(F)cc2)c1. The average Bonchev–Trinajstić information content (AvgIpc) is 2.29. The Morgan fingerprint density at radius 2 is 1.94 bits per heavy atom. The van der Waals surface area contributed by atoms with E-state index in [1.54, 1.807) is 29.1 Å². The van der Waals surface area contributed by atoms with Gasteiger partial charge in [-0.3, -0.25) is 4.79 Å². The second kappa shape index (κ2) is 4.74. The number of ketones is 1. The maximum absolute atomic E-state index is 12.7. The third kappa shape index (κ3) is 2.87. The summed E-state index contributed by atoms with van der Waals surface area (Å²) in [5, 5.41) is 0. The lowest BCUT2D eigenvalue weighted by Crippen LogP contribution is -2.37. The fraction of sp³-hybridized carbons (Fsp3) is 0.0769. The van der Waals surface area contributed by atoms with Crippen molar-refractivity contribution in [2.45, 2.75) is 6.54 Å². The average molecular weight is 231 g/mol. The molecule has 0 radical (unpaired) electrons. The molecule has 1 heterocycles. The maximum Gasteiger partial charge on any atom is 0.227 e. The van der Waals surface area contributed by atoms with E-state index in [4.69, 9.17) is 5.73 Å². The van der Waals surface area contributed by atoms with Gasteiger partial charge in [0, 0.05) is 11.6 Å². The van der Waals surface area contributed by atoms with Gasteiger partial charge < -0.3 is 5.73 Å². The predicted octanol–water partition coefficient (Wildman–Crippen LogP) is 1.58. The van der Waals surface area contributed by atoms with Crippen molar-refractivity contribution in [3.05, 3.63) is 60.2 Å². The van der Waals surface area contributed by atoms with E-state index in [0.717, 1.165) is 0 Å². The Morgan fingerprint density at radius 1 is 1.24 bits per heavy atom. The van der Waals surface area contributed by atoms with Gasteiger partial charge in [-0.05, 0) is 30.3 Å². The molecule has 4 heteroatoms. The van der Waals surface area contributed by atoms with Crippen molar-refractivity contribution in [2.24, 2.45) is 0 Å². The molecule has 86 valence electrons. The van der Waals surface area contributed by atoms with Crippen molar-refractivity contribution in [1.82, 2.24) is 0 Å². The number of anilines is 1. The van der Waals surface area contributed by atoms with Gasteiger partial charge in [-0.25, -0.2) is 4.39 Å². The van der Waals surface area contributed by atoms with Crippen LogP contribution in [0.15, 0.2) is 48.8 Å².